The third-order valence-corrected chi connectivity index (χ3v) is 4.94. The second kappa shape index (κ2) is 6.63. The Hall–Kier alpha value is -1.32. The second-order valence-electron chi connectivity index (χ2n) is 5.87. The van der Waals surface area contributed by atoms with E-state index >= 15 is 0 Å². The molecule has 1 heterocycles. The number of halogens is 1. The molecule has 2 N–H and O–H groups in total. The van der Waals surface area contributed by atoms with Gasteiger partial charge in [-0.2, -0.15) is 0 Å². The minimum atomic E-state index is 0.319. The number of hydrogen-bond donors (Lipinski definition) is 1. The zero-order chi connectivity index (χ0) is 14.7. The van der Waals surface area contributed by atoms with Gasteiger partial charge in [-0.25, -0.2) is 4.98 Å². The van der Waals surface area contributed by atoms with E-state index < -0.39 is 0 Å². The molecule has 0 spiro atoms. The number of rotatable bonds is 4. The van der Waals surface area contributed by atoms with Crippen molar-refractivity contribution in [3.05, 3.63) is 41.8 Å². The normalized spacial score (nSPS) is 17.8. The monoisotopic (exact) mass is 303 g/mol. The topological polar surface area (TPSA) is 43.8 Å². The maximum atomic E-state index is 6.35. The van der Waals surface area contributed by atoms with Crippen LogP contribution in [0.4, 0.5) is 0 Å². The average Bonchev–Trinajstić information content (AvgIpc) is 2.99. The fourth-order valence-corrected chi connectivity index (χ4v) is 3.73. The van der Waals surface area contributed by atoms with Crippen molar-refractivity contribution in [1.29, 1.82) is 0 Å². The number of nitrogens with two attached hydrogens (primary N) is 1. The highest BCUT2D eigenvalue weighted by Gasteiger charge is 2.25. The highest BCUT2D eigenvalue weighted by atomic mass is 35.5. The average molecular weight is 304 g/mol. The first-order valence-electron chi connectivity index (χ1n) is 7.78. The minimum absolute atomic E-state index is 0.319. The summed E-state index contributed by atoms with van der Waals surface area (Å²) in [5.74, 6) is 0.652. The van der Waals surface area contributed by atoms with E-state index in [9.17, 15) is 0 Å². The van der Waals surface area contributed by atoms with Gasteiger partial charge < -0.3 is 10.3 Å². The third kappa shape index (κ3) is 2.99. The van der Waals surface area contributed by atoms with Crippen LogP contribution in [-0.4, -0.2) is 16.1 Å². The van der Waals surface area contributed by atoms with Gasteiger partial charge in [0.05, 0.1) is 24.3 Å². The van der Waals surface area contributed by atoms with E-state index in [4.69, 9.17) is 17.3 Å². The predicted octanol–water partition coefficient (Wildman–Crippen LogP) is 4.28. The Labute approximate surface area is 131 Å². The van der Waals surface area contributed by atoms with Crippen molar-refractivity contribution in [3.8, 4) is 11.3 Å². The standard InChI is InChI=1S/C17H22ClN3/c18-15-9-5-4-8-14(15)17-11-20-12-21(17)16(10-19)13-6-2-1-3-7-13/h4-5,8-9,11-13,16H,1-3,6-7,10,19H2. The summed E-state index contributed by atoms with van der Waals surface area (Å²) < 4.78 is 2.23. The second-order valence-corrected chi connectivity index (χ2v) is 6.27. The van der Waals surface area contributed by atoms with Crippen molar-refractivity contribution in [2.45, 2.75) is 38.1 Å². The van der Waals surface area contributed by atoms with E-state index in [-0.39, 0.29) is 0 Å². The molecule has 112 valence electrons. The van der Waals surface area contributed by atoms with E-state index in [0.29, 0.717) is 18.5 Å². The highest BCUT2D eigenvalue weighted by Crippen LogP contribution is 2.36. The lowest BCUT2D eigenvalue weighted by atomic mass is 9.83. The van der Waals surface area contributed by atoms with Crippen LogP contribution in [-0.2, 0) is 0 Å². The van der Waals surface area contributed by atoms with Gasteiger partial charge in [0.2, 0.25) is 0 Å². The van der Waals surface area contributed by atoms with Crippen molar-refractivity contribution in [2.75, 3.05) is 6.54 Å². The molecule has 0 bridgehead atoms. The van der Waals surface area contributed by atoms with Gasteiger partial charge in [-0.3, -0.25) is 0 Å². The largest absolute Gasteiger partial charge is 0.328 e. The molecule has 1 aromatic carbocycles. The molecule has 3 nitrogen and oxygen atoms in total. The van der Waals surface area contributed by atoms with Crippen molar-refractivity contribution in [1.82, 2.24) is 9.55 Å². The van der Waals surface area contributed by atoms with Gasteiger partial charge in [0.1, 0.15) is 0 Å². The Kier molecular flexibility index (Phi) is 4.61. The molecule has 3 rings (SSSR count). The van der Waals surface area contributed by atoms with Crippen LogP contribution in [0.1, 0.15) is 38.1 Å². The van der Waals surface area contributed by atoms with Gasteiger partial charge in [0.25, 0.3) is 0 Å². The van der Waals surface area contributed by atoms with Gasteiger partial charge >= 0.3 is 0 Å². The molecule has 2 aromatic rings. The van der Waals surface area contributed by atoms with Gasteiger partial charge in [-0.15, -0.1) is 0 Å². The first-order chi connectivity index (χ1) is 10.3. The summed E-state index contributed by atoms with van der Waals surface area (Å²) in [6.45, 7) is 0.651. The van der Waals surface area contributed by atoms with E-state index in [1.165, 1.54) is 32.1 Å². The molecule has 1 unspecified atom stereocenters. The number of aromatic nitrogens is 2. The van der Waals surface area contributed by atoms with Gasteiger partial charge in [0.15, 0.2) is 0 Å². The van der Waals surface area contributed by atoms with E-state index in [0.717, 1.165) is 16.3 Å². The first-order valence-corrected chi connectivity index (χ1v) is 8.16. The van der Waals surface area contributed by atoms with Crippen LogP contribution in [0.15, 0.2) is 36.8 Å². The molecular weight excluding hydrogens is 282 g/mol. The van der Waals surface area contributed by atoms with Crippen LogP contribution in [0, 0.1) is 5.92 Å². The maximum absolute atomic E-state index is 6.35. The predicted molar refractivity (Wildman–Crippen MR) is 87.3 cm³/mol. The van der Waals surface area contributed by atoms with E-state index in [1.54, 1.807) is 0 Å². The molecule has 0 radical (unpaired) electrons. The van der Waals surface area contributed by atoms with Crippen LogP contribution in [0.5, 0.6) is 0 Å². The summed E-state index contributed by atoms with van der Waals surface area (Å²) in [4.78, 5) is 4.35. The zero-order valence-corrected chi connectivity index (χ0v) is 13.0. The van der Waals surface area contributed by atoms with Crippen LogP contribution >= 0.6 is 11.6 Å². The number of hydrogen-bond acceptors (Lipinski definition) is 2. The molecule has 1 aliphatic rings. The van der Waals surface area contributed by atoms with Crippen molar-refractivity contribution in [2.24, 2.45) is 11.7 Å². The molecule has 1 atom stereocenters. The summed E-state index contributed by atoms with van der Waals surface area (Å²) in [6, 6.07) is 8.25. The summed E-state index contributed by atoms with van der Waals surface area (Å²) in [7, 11) is 0. The smallest absolute Gasteiger partial charge is 0.0954 e. The molecule has 0 saturated heterocycles. The molecule has 1 fully saturated rings. The summed E-state index contributed by atoms with van der Waals surface area (Å²) in [5.41, 5.74) is 8.20. The zero-order valence-electron chi connectivity index (χ0n) is 12.2. The SMILES string of the molecule is NCC(C1CCCCC1)n1cncc1-c1ccccc1Cl. The van der Waals surface area contributed by atoms with Gasteiger partial charge in [0, 0.05) is 17.1 Å². The molecular formula is C17H22ClN3. The van der Waals surface area contributed by atoms with Crippen LogP contribution < -0.4 is 5.73 Å². The van der Waals surface area contributed by atoms with Crippen LogP contribution in [0.25, 0.3) is 11.3 Å². The van der Waals surface area contributed by atoms with Crippen molar-refractivity contribution in [3.63, 3.8) is 0 Å². The van der Waals surface area contributed by atoms with Crippen molar-refractivity contribution >= 4 is 11.6 Å². The molecule has 1 saturated carbocycles. The minimum Gasteiger partial charge on any atom is -0.328 e. The molecule has 0 amide bonds. The highest BCUT2D eigenvalue weighted by molar-refractivity contribution is 6.33. The Balaban J connectivity index is 1.95. The van der Waals surface area contributed by atoms with Crippen molar-refractivity contribution < 1.29 is 0 Å². The van der Waals surface area contributed by atoms with Gasteiger partial charge in [-0.1, -0.05) is 49.1 Å². The Morgan fingerprint density at radius 3 is 2.71 bits per heavy atom. The fraction of sp³-hybridized carbons (Fsp3) is 0.471. The molecule has 0 aliphatic heterocycles. The number of nitrogens with zero attached hydrogens (tertiary/aromatic N) is 2. The van der Waals surface area contributed by atoms with E-state index in [2.05, 4.69) is 9.55 Å². The molecule has 4 heteroatoms. The van der Waals surface area contributed by atoms with Crippen LogP contribution in [0.2, 0.25) is 5.02 Å². The lowest BCUT2D eigenvalue weighted by molar-refractivity contribution is 0.255. The summed E-state index contributed by atoms with van der Waals surface area (Å²) in [6.07, 6.45) is 10.3. The Morgan fingerprint density at radius 1 is 1.24 bits per heavy atom. The summed E-state index contributed by atoms with van der Waals surface area (Å²) in [5, 5.41) is 0.763. The fourth-order valence-electron chi connectivity index (χ4n) is 3.50. The Morgan fingerprint density at radius 2 is 2.00 bits per heavy atom. The molecule has 1 aromatic heterocycles. The molecule has 21 heavy (non-hydrogen) atoms. The summed E-state index contributed by atoms with van der Waals surface area (Å²) >= 11 is 6.35. The number of imidazole rings is 1. The number of benzene rings is 1. The quantitative estimate of drug-likeness (QED) is 0.916. The van der Waals surface area contributed by atoms with E-state index in [1.807, 2.05) is 36.8 Å². The third-order valence-electron chi connectivity index (χ3n) is 4.61. The first kappa shape index (κ1) is 14.6. The lowest BCUT2D eigenvalue weighted by Gasteiger charge is -2.31. The van der Waals surface area contributed by atoms with Gasteiger partial charge in [-0.05, 0) is 24.8 Å². The molecule has 1 aliphatic carbocycles. The lowest BCUT2D eigenvalue weighted by Crippen LogP contribution is -2.28. The maximum Gasteiger partial charge on any atom is 0.0954 e. The Bertz CT molecular complexity index is 587. The van der Waals surface area contributed by atoms with Crippen LogP contribution in [0.3, 0.4) is 0 Å².